The molecular formula is C13H17NO3S. The summed E-state index contributed by atoms with van der Waals surface area (Å²) in [5.41, 5.74) is 0.323. The molecule has 1 aromatic rings. The average molecular weight is 267 g/mol. The molecule has 0 aromatic carbocycles. The van der Waals surface area contributed by atoms with Gasteiger partial charge in [0.15, 0.2) is 0 Å². The van der Waals surface area contributed by atoms with Crippen LogP contribution in [0.3, 0.4) is 0 Å². The van der Waals surface area contributed by atoms with Gasteiger partial charge >= 0.3 is 5.97 Å². The minimum Gasteiger partial charge on any atom is -0.480 e. The number of nitrogens with zero attached hydrogens (tertiary/aromatic N) is 1. The van der Waals surface area contributed by atoms with E-state index in [1.54, 1.807) is 0 Å². The molecule has 1 spiro atoms. The summed E-state index contributed by atoms with van der Waals surface area (Å²) in [4.78, 5) is 14.5. The van der Waals surface area contributed by atoms with Crippen molar-refractivity contribution < 1.29 is 14.6 Å². The Balaban J connectivity index is 1.70. The van der Waals surface area contributed by atoms with E-state index >= 15 is 0 Å². The maximum Gasteiger partial charge on any atom is 0.326 e. The van der Waals surface area contributed by atoms with Crippen molar-refractivity contribution in [1.29, 1.82) is 0 Å². The van der Waals surface area contributed by atoms with Gasteiger partial charge in [-0.15, -0.1) is 11.3 Å². The first-order chi connectivity index (χ1) is 8.70. The van der Waals surface area contributed by atoms with Gasteiger partial charge in [-0.25, -0.2) is 0 Å². The fraction of sp³-hybridized carbons (Fsp3) is 0.615. The molecule has 2 aliphatic heterocycles. The molecule has 3 rings (SSSR count). The Bertz CT molecular complexity index is 417. The molecule has 0 amide bonds. The van der Waals surface area contributed by atoms with Gasteiger partial charge in [0.05, 0.1) is 0 Å². The number of aliphatic carboxylic acids is 1. The lowest BCUT2D eigenvalue weighted by atomic mass is 9.72. The molecule has 0 radical (unpaired) electrons. The number of likely N-dealkylation sites (tertiary alicyclic amines) is 1. The fourth-order valence-electron chi connectivity index (χ4n) is 3.02. The molecule has 0 saturated carbocycles. The third-order valence-corrected chi connectivity index (χ3v) is 4.97. The monoisotopic (exact) mass is 267 g/mol. The second-order valence-corrected chi connectivity index (χ2v) is 6.25. The molecule has 98 valence electrons. The van der Waals surface area contributed by atoms with Gasteiger partial charge in [0.1, 0.15) is 6.04 Å². The zero-order valence-corrected chi connectivity index (χ0v) is 11.0. The number of thiophene rings is 1. The van der Waals surface area contributed by atoms with Crippen LogP contribution in [-0.2, 0) is 9.53 Å². The molecule has 5 heteroatoms. The lowest BCUT2D eigenvalue weighted by molar-refractivity contribution is -0.154. The average Bonchev–Trinajstić information content (AvgIpc) is 2.81. The molecule has 0 bridgehead atoms. The van der Waals surface area contributed by atoms with E-state index in [0.29, 0.717) is 5.41 Å². The number of carboxylic acid groups (broad SMARTS) is 1. The quantitative estimate of drug-likeness (QED) is 0.910. The van der Waals surface area contributed by atoms with Crippen LogP contribution in [0.25, 0.3) is 0 Å². The lowest BCUT2D eigenvalue weighted by Crippen LogP contribution is -2.60. The highest BCUT2D eigenvalue weighted by molar-refractivity contribution is 7.10. The normalized spacial score (nSPS) is 24.7. The summed E-state index contributed by atoms with van der Waals surface area (Å²) >= 11 is 1.52. The Morgan fingerprint density at radius 2 is 2.17 bits per heavy atom. The summed E-state index contributed by atoms with van der Waals surface area (Å²) in [6.45, 7) is 3.44. The summed E-state index contributed by atoms with van der Waals surface area (Å²) in [7, 11) is 0. The van der Waals surface area contributed by atoms with Crippen LogP contribution < -0.4 is 0 Å². The predicted octanol–water partition coefficient (Wildman–Crippen LogP) is 1.99. The van der Waals surface area contributed by atoms with Crippen molar-refractivity contribution in [3.63, 3.8) is 0 Å². The first-order valence-electron chi connectivity index (χ1n) is 6.28. The van der Waals surface area contributed by atoms with Crippen LogP contribution in [0.2, 0.25) is 0 Å². The SMILES string of the molecule is O=C(O)C(c1cccs1)N1CC2(CCOCC2)C1. The van der Waals surface area contributed by atoms with Gasteiger partial charge in [0, 0.05) is 36.6 Å². The highest BCUT2D eigenvalue weighted by Gasteiger charge is 2.48. The van der Waals surface area contributed by atoms with Gasteiger partial charge in [-0.2, -0.15) is 0 Å². The van der Waals surface area contributed by atoms with Gasteiger partial charge < -0.3 is 9.84 Å². The molecular weight excluding hydrogens is 250 g/mol. The van der Waals surface area contributed by atoms with E-state index in [9.17, 15) is 9.90 Å². The molecule has 3 heterocycles. The fourth-order valence-corrected chi connectivity index (χ4v) is 3.87. The summed E-state index contributed by atoms with van der Waals surface area (Å²) in [6, 6.07) is 3.37. The Hall–Kier alpha value is -0.910. The highest BCUT2D eigenvalue weighted by Crippen LogP contribution is 2.44. The molecule has 2 fully saturated rings. The van der Waals surface area contributed by atoms with Crippen molar-refractivity contribution in [2.24, 2.45) is 5.41 Å². The smallest absolute Gasteiger partial charge is 0.326 e. The number of rotatable bonds is 3. The Morgan fingerprint density at radius 1 is 1.44 bits per heavy atom. The van der Waals surface area contributed by atoms with Crippen LogP contribution in [-0.4, -0.2) is 42.3 Å². The number of carbonyl (C=O) groups is 1. The minimum absolute atomic E-state index is 0.323. The minimum atomic E-state index is -0.737. The highest BCUT2D eigenvalue weighted by atomic mass is 32.1. The van der Waals surface area contributed by atoms with Crippen LogP contribution in [0.1, 0.15) is 23.8 Å². The first kappa shape index (κ1) is 12.1. The maximum atomic E-state index is 11.4. The predicted molar refractivity (Wildman–Crippen MR) is 68.8 cm³/mol. The zero-order chi connectivity index (χ0) is 12.6. The molecule has 4 nitrogen and oxygen atoms in total. The van der Waals surface area contributed by atoms with Gasteiger partial charge in [-0.3, -0.25) is 9.69 Å². The lowest BCUT2D eigenvalue weighted by Gasteiger charge is -2.53. The molecule has 1 aromatic heterocycles. The van der Waals surface area contributed by atoms with Crippen LogP contribution in [0.15, 0.2) is 17.5 Å². The molecule has 1 atom stereocenters. The topological polar surface area (TPSA) is 49.8 Å². The van der Waals surface area contributed by atoms with Gasteiger partial charge in [-0.1, -0.05) is 6.07 Å². The van der Waals surface area contributed by atoms with E-state index in [4.69, 9.17) is 4.74 Å². The zero-order valence-electron chi connectivity index (χ0n) is 10.2. The third-order valence-electron chi connectivity index (χ3n) is 4.04. The molecule has 1 unspecified atom stereocenters. The van der Waals surface area contributed by atoms with Gasteiger partial charge in [-0.05, 0) is 24.3 Å². The number of hydrogen-bond donors (Lipinski definition) is 1. The molecule has 2 saturated heterocycles. The third kappa shape index (κ3) is 2.06. The van der Waals surface area contributed by atoms with Crippen LogP contribution >= 0.6 is 11.3 Å². The second kappa shape index (κ2) is 4.64. The summed E-state index contributed by atoms with van der Waals surface area (Å²) in [5.74, 6) is -0.737. The summed E-state index contributed by atoms with van der Waals surface area (Å²) in [5, 5.41) is 11.3. The standard InChI is InChI=1S/C13H17NO3S/c15-12(16)11(10-2-1-7-18-10)14-8-13(9-14)3-5-17-6-4-13/h1-2,7,11H,3-6,8-9H2,(H,15,16). The molecule has 2 aliphatic rings. The molecule has 1 N–H and O–H groups in total. The Morgan fingerprint density at radius 3 is 2.72 bits per heavy atom. The van der Waals surface area contributed by atoms with Crippen LogP contribution in [0.4, 0.5) is 0 Å². The van der Waals surface area contributed by atoms with Crippen LogP contribution in [0, 0.1) is 5.41 Å². The second-order valence-electron chi connectivity index (χ2n) is 5.27. The van der Waals surface area contributed by atoms with E-state index < -0.39 is 12.0 Å². The van der Waals surface area contributed by atoms with Crippen molar-refractivity contribution in [2.45, 2.75) is 18.9 Å². The van der Waals surface area contributed by atoms with E-state index in [-0.39, 0.29) is 0 Å². The van der Waals surface area contributed by atoms with Gasteiger partial charge in [0.2, 0.25) is 0 Å². The molecule has 0 aliphatic carbocycles. The number of carboxylic acids is 1. The van der Waals surface area contributed by atoms with Crippen molar-refractivity contribution in [2.75, 3.05) is 26.3 Å². The van der Waals surface area contributed by atoms with Crippen molar-refractivity contribution in [3.8, 4) is 0 Å². The van der Waals surface area contributed by atoms with E-state index in [2.05, 4.69) is 4.90 Å². The Kier molecular flexibility index (Phi) is 3.13. The van der Waals surface area contributed by atoms with E-state index in [1.807, 2.05) is 17.5 Å². The molecule has 18 heavy (non-hydrogen) atoms. The van der Waals surface area contributed by atoms with E-state index in [1.165, 1.54) is 11.3 Å². The Labute approximate surface area is 110 Å². The largest absolute Gasteiger partial charge is 0.480 e. The summed E-state index contributed by atoms with van der Waals surface area (Å²) in [6.07, 6.45) is 2.14. The number of hydrogen-bond acceptors (Lipinski definition) is 4. The maximum absolute atomic E-state index is 11.4. The van der Waals surface area contributed by atoms with Crippen molar-refractivity contribution >= 4 is 17.3 Å². The van der Waals surface area contributed by atoms with Crippen molar-refractivity contribution in [1.82, 2.24) is 4.90 Å². The van der Waals surface area contributed by atoms with Gasteiger partial charge in [0.25, 0.3) is 0 Å². The van der Waals surface area contributed by atoms with E-state index in [0.717, 1.165) is 44.0 Å². The van der Waals surface area contributed by atoms with Crippen molar-refractivity contribution in [3.05, 3.63) is 22.4 Å². The number of ether oxygens (including phenoxy) is 1. The first-order valence-corrected chi connectivity index (χ1v) is 7.16. The van der Waals surface area contributed by atoms with Crippen LogP contribution in [0.5, 0.6) is 0 Å². The summed E-state index contributed by atoms with van der Waals surface area (Å²) < 4.78 is 5.38.